The van der Waals surface area contributed by atoms with Crippen LogP contribution in [0, 0.1) is 5.41 Å². The van der Waals surface area contributed by atoms with Gasteiger partial charge in [-0.15, -0.1) is 0 Å². The molecule has 0 aromatic carbocycles. The summed E-state index contributed by atoms with van der Waals surface area (Å²) in [4.78, 5) is 11.4. The predicted octanol–water partition coefficient (Wildman–Crippen LogP) is 2.91. The molecule has 100 valence electrons. The first kappa shape index (κ1) is 13.1. The van der Waals surface area contributed by atoms with Crippen molar-refractivity contribution in [3.8, 4) is 0 Å². The Labute approximate surface area is 108 Å². The molecule has 4 heteroatoms. The first-order chi connectivity index (χ1) is 8.60. The van der Waals surface area contributed by atoms with Gasteiger partial charge in [0.25, 0.3) is 0 Å². The number of carbonyl (C=O) groups excluding carboxylic acids is 1. The van der Waals surface area contributed by atoms with Gasteiger partial charge < -0.3 is 14.5 Å². The van der Waals surface area contributed by atoms with Crippen molar-refractivity contribution in [2.24, 2.45) is 5.41 Å². The van der Waals surface area contributed by atoms with Crippen LogP contribution in [-0.4, -0.2) is 20.1 Å². The van der Waals surface area contributed by atoms with Crippen LogP contribution in [0.25, 0.3) is 0 Å². The molecule has 4 nitrogen and oxygen atoms in total. The van der Waals surface area contributed by atoms with Crippen LogP contribution in [0.4, 0.5) is 0 Å². The molecule has 2 rings (SSSR count). The van der Waals surface area contributed by atoms with E-state index in [-0.39, 0.29) is 17.2 Å². The first-order valence-electron chi connectivity index (χ1n) is 6.46. The average molecular weight is 251 g/mol. The number of carbonyl (C=O) groups is 1. The van der Waals surface area contributed by atoms with Gasteiger partial charge in [0, 0.05) is 0 Å². The summed E-state index contributed by atoms with van der Waals surface area (Å²) in [6.45, 7) is 2.28. The van der Waals surface area contributed by atoms with Crippen LogP contribution >= 0.6 is 0 Å². The maximum Gasteiger partial charge on any atom is 0.373 e. The topological polar surface area (TPSA) is 51.5 Å². The molecule has 1 N–H and O–H groups in total. The van der Waals surface area contributed by atoms with Crippen LogP contribution in [0.1, 0.15) is 55.0 Å². The van der Waals surface area contributed by atoms with Gasteiger partial charge in [0.05, 0.1) is 13.2 Å². The minimum absolute atomic E-state index is 0.151. The van der Waals surface area contributed by atoms with Crippen molar-refractivity contribution in [1.29, 1.82) is 0 Å². The van der Waals surface area contributed by atoms with Gasteiger partial charge in [-0.05, 0) is 37.4 Å². The number of hydrogen-bond acceptors (Lipinski definition) is 4. The molecule has 0 spiro atoms. The van der Waals surface area contributed by atoms with Gasteiger partial charge in [-0.1, -0.05) is 19.8 Å². The Kier molecular flexibility index (Phi) is 3.76. The normalized spacial score (nSPS) is 19.7. The van der Waals surface area contributed by atoms with Crippen molar-refractivity contribution < 1.29 is 13.9 Å². The number of hydrogen-bond donors (Lipinski definition) is 1. The van der Waals surface area contributed by atoms with Crippen LogP contribution < -0.4 is 5.32 Å². The highest BCUT2D eigenvalue weighted by Gasteiger charge is 2.38. The lowest BCUT2D eigenvalue weighted by Gasteiger charge is -2.32. The maximum atomic E-state index is 11.4. The third-order valence-corrected chi connectivity index (χ3v) is 4.03. The summed E-state index contributed by atoms with van der Waals surface area (Å²) in [5, 5.41) is 3.33. The molecule has 18 heavy (non-hydrogen) atoms. The summed E-state index contributed by atoms with van der Waals surface area (Å²) < 4.78 is 10.3. The molecular weight excluding hydrogens is 230 g/mol. The lowest BCUT2D eigenvalue weighted by molar-refractivity contribution is 0.0558. The van der Waals surface area contributed by atoms with Crippen LogP contribution in [0.3, 0.4) is 0 Å². The van der Waals surface area contributed by atoms with Crippen molar-refractivity contribution in [2.45, 2.75) is 38.6 Å². The standard InChI is InChI=1S/C14H21NO3/c1-14(8-4-5-9-14)12(15-2)10-6-7-11(18-10)13(16)17-3/h6-7,12,15H,4-5,8-9H2,1-3H3. The van der Waals surface area contributed by atoms with Crippen molar-refractivity contribution >= 4 is 5.97 Å². The lowest BCUT2D eigenvalue weighted by Crippen LogP contribution is -2.31. The van der Waals surface area contributed by atoms with E-state index < -0.39 is 5.97 Å². The van der Waals surface area contributed by atoms with Crippen LogP contribution in [0.5, 0.6) is 0 Å². The fourth-order valence-corrected chi connectivity index (χ4v) is 3.02. The van der Waals surface area contributed by atoms with Crippen molar-refractivity contribution in [2.75, 3.05) is 14.2 Å². The van der Waals surface area contributed by atoms with Crippen molar-refractivity contribution in [3.05, 3.63) is 23.7 Å². The Bertz CT molecular complexity index is 418. The molecule has 1 saturated carbocycles. The minimum atomic E-state index is -0.423. The molecule has 0 amide bonds. The van der Waals surface area contributed by atoms with E-state index in [1.165, 1.54) is 32.8 Å². The zero-order valence-corrected chi connectivity index (χ0v) is 11.3. The number of ether oxygens (including phenoxy) is 1. The summed E-state index contributed by atoms with van der Waals surface area (Å²) in [5.41, 5.74) is 0.208. The van der Waals surface area contributed by atoms with Crippen molar-refractivity contribution in [3.63, 3.8) is 0 Å². The lowest BCUT2D eigenvalue weighted by atomic mass is 9.79. The fourth-order valence-electron chi connectivity index (χ4n) is 3.02. The Morgan fingerprint density at radius 2 is 2.11 bits per heavy atom. The molecule has 1 aromatic rings. The Morgan fingerprint density at radius 3 is 2.67 bits per heavy atom. The summed E-state index contributed by atoms with van der Waals surface area (Å²) in [6.07, 6.45) is 4.90. The molecule has 1 heterocycles. The minimum Gasteiger partial charge on any atom is -0.463 e. The zero-order chi connectivity index (χ0) is 13.2. The fraction of sp³-hybridized carbons (Fsp3) is 0.643. The van der Waals surface area contributed by atoms with E-state index in [2.05, 4.69) is 17.0 Å². The molecule has 1 aromatic heterocycles. The number of methoxy groups -OCH3 is 1. The Morgan fingerprint density at radius 1 is 1.44 bits per heavy atom. The molecule has 1 aliphatic carbocycles. The molecule has 1 aliphatic rings. The second kappa shape index (κ2) is 5.14. The molecule has 0 saturated heterocycles. The maximum absolute atomic E-state index is 11.4. The quantitative estimate of drug-likeness (QED) is 0.836. The second-order valence-corrected chi connectivity index (χ2v) is 5.28. The molecule has 0 bridgehead atoms. The van der Waals surface area contributed by atoms with E-state index >= 15 is 0 Å². The van der Waals surface area contributed by atoms with Crippen LogP contribution in [0.2, 0.25) is 0 Å². The smallest absolute Gasteiger partial charge is 0.373 e. The highest BCUT2D eigenvalue weighted by atomic mass is 16.5. The van der Waals surface area contributed by atoms with Gasteiger partial charge in [0.1, 0.15) is 5.76 Å². The van der Waals surface area contributed by atoms with Crippen molar-refractivity contribution in [1.82, 2.24) is 5.32 Å². The monoisotopic (exact) mass is 251 g/mol. The highest BCUT2D eigenvalue weighted by molar-refractivity contribution is 5.86. The molecule has 1 atom stereocenters. The summed E-state index contributed by atoms with van der Waals surface area (Å²) >= 11 is 0. The summed E-state index contributed by atoms with van der Waals surface area (Å²) in [6, 6.07) is 3.71. The van der Waals surface area contributed by atoms with E-state index in [0.717, 1.165) is 5.76 Å². The van der Waals surface area contributed by atoms with E-state index in [0.29, 0.717) is 0 Å². The van der Waals surface area contributed by atoms with Gasteiger partial charge in [0.2, 0.25) is 5.76 Å². The van der Waals surface area contributed by atoms with Crippen LogP contribution in [0.15, 0.2) is 16.5 Å². The van der Waals surface area contributed by atoms with E-state index in [1.807, 2.05) is 13.1 Å². The summed E-state index contributed by atoms with van der Waals surface area (Å²) in [5.74, 6) is 0.671. The first-order valence-corrected chi connectivity index (χ1v) is 6.46. The number of rotatable bonds is 4. The third-order valence-electron chi connectivity index (χ3n) is 4.03. The number of esters is 1. The SMILES string of the molecule is CNC(c1ccc(C(=O)OC)o1)C1(C)CCCC1. The largest absolute Gasteiger partial charge is 0.463 e. The molecule has 0 aliphatic heterocycles. The van der Waals surface area contributed by atoms with Crippen LogP contribution in [-0.2, 0) is 4.74 Å². The van der Waals surface area contributed by atoms with E-state index in [1.54, 1.807) is 6.07 Å². The molecule has 1 fully saturated rings. The Balaban J connectivity index is 2.22. The van der Waals surface area contributed by atoms with Gasteiger partial charge >= 0.3 is 5.97 Å². The molecular formula is C14H21NO3. The number of furan rings is 1. The number of nitrogens with one attached hydrogen (secondary N) is 1. The van der Waals surface area contributed by atoms with E-state index in [4.69, 9.17) is 4.42 Å². The highest BCUT2D eigenvalue weighted by Crippen LogP contribution is 2.47. The predicted molar refractivity (Wildman–Crippen MR) is 68.4 cm³/mol. The molecule has 1 unspecified atom stereocenters. The summed E-state index contributed by atoms with van der Waals surface area (Å²) in [7, 11) is 3.30. The van der Waals surface area contributed by atoms with Gasteiger partial charge in [-0.25, -0.2) is 4.79 Å². The Hall–Kier alpha value is -1.29. The van der Waals surface area contributed by atoms with E-state index in [9.17, 15) is 4.79 Å². The average Bonchev–Trinajstić information content (AvgIpc) is 2.99. The second-order valence-electron chi connectivity index (χ2n) is 5.28. The zero-order valence-electron chi connectivity index (χ0n) is 11.3. The van der Waals surface area contributed by atoms with Gasteiger partial charge in [-0.3, -0.25) is 0 Å². The third kappa shape index (κ3) is 2.29. The van der Waals surface area contributed by atoms with Gasteiger partial charge in [-0.2, -0.15) is 0 Å². The molecule has 0 radical (unpaired) electrons. The van der Waals surface area contributed by atoms with Gasteiger partial charge in [0.15, 0.2) is 0 Å².